The van der Waals surface area contributed by atoms with Gasteiger partial charge in [-0.05, 0) is 6.07 Å². The van der Waals surface area contributed by atoms with Crippen molar-refractivity contribution in [1.29, 1.82) is 0 Å². The minimum atomic E-state index is -3.72. The Morgan fingerprint density at radius 2 is 1.89 bits per heavy atom. The van der Waals surface area contributed by atoms with Crippen molar-refractivity contribution in [2.24, 2.45) is 0 Å². The first-order chi connectivity index (χ1) is 8.82. The van der Waals surface area contributed by atoms with E-state index in [4.69, 9.17) is 0 Å². The van der Waals surface area contributed by atoms with Gasteiger partial charge in [0.1, 0.15) is 0 Å². The molecule has 0 radical (unpaired) electrons. The van der Waals surface area contributed by atoms with Crippen LogP contribution in [0.4, 0.5) is 0 Å². The molecule has 0 aliphatic carbocycles. The van der Waals surface area contributed by atoms with Crippen LogP contribution in [0.15, 0.2) is 28.0 Å². The van der Waals surface area contributed by atoms with Crippen molar-refractivity contribution < 1.29 is 18.3 Å². The number of hydrogen-bond acceptors (Lipinski definition) is 5. The third-order valence-electron chi connectivity index (χ3n) is 2.60. The van der Waals surface area contributed by atoms with E-state index in [1.165, 1.54) is 10.4 Å². The molecular formula is C11H15N2O5S-. The average Bonchev–Trinajstić information content (AvgIpc) is 2.32. The van der Waals surface area contributed by atoms with Crippen LogP contribution < -0.4 is 10.7 Å². The summed E-state index contributed by atoms with van der Waals surface area (Å²) in [6, 6.07) is 2.20. The first-order valence-electron chi connectivity index (χ1n) is 5.73. The van der Waals surface area contributed by atoms with E-state index in [1.54, 1.807) is 13.8 Å². The van der Waals surface area contributed by atoms with E-state index >= 15 is 0 Å². The number of nitrogens with zero attached hydrogens (tertiary/aromatic N) is 2. The zero-order valence-electron chi connectivity index (χ0n) is 10.7. The van der Waals surface area contributed by atoms with Gasteiger partial charge in [-0.2, -0.15) is 4.31 Å². The predicted octanol–water partition coefficient (Wildman–Crippen LogP) is -1.37. The molecule has 0 saturated carbocycles. The largest absolute Gasteiger partial charge is 0.548 e. The predicted molar refractivity (Wildman–Crippen MR) is 65.8 cm³/mol. The van der Waals surface area contributed by atoms with Crippen molar-refractivity contribution in [2.45, 2.75) is 25.3 Å². The van der Waals surface area contributed by atoms with Crippen LogP contribution in [-0.4, -0.2) is 36.3 Å². The number of aliphatic carboxylic acids is 1. The number of carbonyl (C=O) groups is 1. The zero-order valence-corrected chi connectivity index (χ0v) is 11.5. The Kier molecular flexibility index (Phi) is 4.84. The molecule has 0 aliphatic heterocycles. The average molecular weight is 287 g/mol. The molecule has 0 N–H and O–H groups in total. The summed E-state index contributed by atoms with van der Waals surface area (Å²) in [7, 11) is -3.72. The summed E-state index contributed by atoms with van der Waals surface area (Å²) < 4.78 is 26.4. The molecular weight excluding hydrogens is 272 g/mol. The molecule has 1 aromatic rings. The lowest BCUT2D eigenvalue weighted by Gasteiger charge is -2.19. The number of pyridine rings is 1. The van der Waals surface area contributed by atoms with E-state index in [2.05, 4.69) is 0 Å². The van der Waals surface area contributed by atoms with Crippen molar-refractivity contribution in [2.75, 3.05) is 13.1 Å². The topological polar surface area (TPSA) is 99.5 Å². The number of rotatable bonds is 6. The van der Waals surface area contributed by atoms with Crippen molar-refractivity contribution in [3.8, 4) is 0 Å². The van der Waals surface area contributed by atoms with E-state index in [9.17, 15) is 23.1 Å². The highest BCUT2D eigenvalue weighted by Crippen LogP contribution is 2.13. The van der Waals surface area contributed by atoms with Crippen LogP contribution in [0.25, 0.3) is 0 Å². The summed E-state index contributed by atoms with van der Waals surface area (Å²) in [5.41, 5.74) is -0.595. The number of carboxylic acids is 1. The standard InChI is InChI=1S/C11H16N2O5S/c1-3-13(4-2)19(17,18)9-5-6-10(14)12(7-9)8-11(15)16/h5-7H,3-4,8H2,1-2H3,(H,15,16)/p-1. The second-order valence-corrected chi connectivity index (χ2v) is 5.73. The van der Waals surface area contributed by atoms with Gasteiger partial charge in [-0.25, -0.2) is 8.42 Å². The van der Waals surface area contributed by atoms with Gasteiger partial charge in [-0.15, -0.1) is 0 Å². The molecule has 0 fully saturated rings. The molecule has 0 amide bonds. The SMILES string of the molecule is CCN(CC)S(=O)(=O)c1ccc(=O)n(CC(=O)[O-])c1. The van der Waals surface area contributed by atoms with Gasteiger partial charge in [0.25, 0.3) is 5.56 Å². The molecule has 0 spiro atoms. The zero-order chi connectivity index (χ0) is 14.6. The molecule has 1 rings (SSSR count). The molecule has 0 aliphatic rings. The fourth-order valence-corrected chi connectivity index (χ4v) is 3.12. The van der Waals surface area contributed by atoms with Gasteiger partial charge in [0.2, 0.25) is 10.0 Å². The summed E-state index contributed by atoms with van der Waals surface area (Å²) in [6.45, 7) is 3.29. The lowest BCUT2D eigenvalue weighted by molar-refractivity contribution is -0.306. The first-order valence-corrected chi connectivity index (χ1v) is 7.17. The maximum atomic E-state index is 12.2. The number of hydrogen-bond donors (Lipinski definition) is 0. The highest BCUT2D eigenvalue weighted by Gasteiger charge is 2.22. The smallest absolute Gasteiger partial charge is 0.250 e. The lowest BCUT2D eigenvalue weighted by atomic mass is 10.4. The molecule has 1 heterocycles. The number of sulfonamides is 1. The van der Waals surface area contributed by atoms with Gasteiger partial charge in [0.05, 0.1) is 17.4 Å². The van der Waals surface area contributed by atoms with Crippen LogP contribution in [0.5, 0.6) is 0 Å². The highest BCUT2D eigenvalue weighted by atomic mass is 32.2. The van der Waals surface area contributed by atoms with Crippen molar-refractivity contribution >= 4 is 16.0 Å². The van der Waals surface area contributed by atoms with E-state index < -0.39 is 28.1 Å². The maximum Gasteiger partial charge on any atom is 0.250 e. The summed E-state index contributed by atoms with van der Waals surface area (Å²) in [4.78, 5) is 21.8. The van der Waals surface area contributed by atoms with Crippen molar-refractivity contribution in [1.82, 2.24) is 8.87 Å². The fourth-order valence-electron chi connectivity index (χ4n) is 1.64. The van der Waals surface area contributed by atoms with Gasteiger partial charge >= 0.3 is 0 Å². The van der Waals surface area contributed by atoms with E-state index in [1.807, 2.05) is 0 Å². The van der Waals surface area contributed by atoms with Crippen LogP contribution in [0.3, 0.4) is 0 Å². The molecule has 0 unspecified atom stereocenters. The minimum Gasteiger partial charge on any atom is -0.548 e. The second-order valence-electron chi connectivity index (χ2n) is 3.79. The molecule has 8 heteroatoms. The normalized spacial score (nSPS) is 11.7. The Labute approximate surface area is 111 Å². The summed E-state index contributed by atoms with van der Waals surface area (Å²) in [5, 5.41) is 10.5. The van der Waals surface area contributed by atoms with Gasteiger partial charge in [-0.3, -0.25) is 4.79 Å². The first kappa shape index (κ1) is 15.4. The summed E-state index contributed by atoms with van der Waals surface area (Å²) in [6.07, 6.45) is 1.02. The Morgan fingerprint density at radius 3 is 2.37 bits per heavy atom. The number of carbonyl (C=O) groups excluding carboxylic acids is 1. The fraction of sp³-hybridized carbons (Fsp3) is 0.455. The second kappa shape index (κ2) is 5.98. The van der Waals surface area contributed by atoms with Crippen LogP contribution in [-0.2, 0) is 21.4 Å². The van der Waals surface area contributed by atoms with Gasteiger partial charge < -0.3 is 14.5 Å². The minimum absolute atomic E-state index is 0.114. The van der Waals surface area contributed by atoms with Crippen LogP contribution in [0.2, 0.25) is 0 Å². The third kappa shape index (κ3) is 3.42. The van der Waals surface area contributed by atoms with E-state index in [0.717, 1.165) is 16.8 Å². The lowest BCUT2D eigenvalue weighted by Crippen LogP contribution is -2.34. The molecule has 0 saturated heterocycles. The molecule has 106 valence electrons. The van der Waals surface area contributed by atoms with Gasteiger partial charge in [0, 0.05) is 25.4 Å². The molecule has 7 nitrogen and oxygen atoms in total. The summed E-state index contributed by atoms with van der Waals surface area (Å²) in [5.74, 6) is -1.46. The monoisotopic (exact) mass is 287 g/mol. The molecule has 0 bridgehead atoms. The summed E-state index contributed by atoms with van der Waals surface area (Å²) >= 11 is 0. The Morgan fingerprint density at radius 1 is 1.32 bits per heavy atom. The number of aromatic nitrogens is 1. The number of carboxylic acid groups (broad SMARTS) is 1. The molecule has 1 aromatic heterocycles. The Bertz CT molecular complexity index is 616. The Balaban J connectivity index is 3.29. The van der Waals surface area contributed by atoms with Crippen LogP contribution in [0.1, 0.15) is 13.8 Å². The van der Waals surface area contributed by atoms with Gasteiger partial charge in [0.15, 0.2) is 0 Å². The van der Waals surface area contributed by atoms with E-state index in [-0.39, 0.29) is 4.90 Å². The van der Waals surface area contributed by atoms with Crippen LogP contribution >= 0.6 is 0 Å². The molecule has 0 aromatic carbocycles. The third-order valence-corrected chi connectivity index (χ3v) is 4.63. The highest BCUT2D eigenvalue weighted by molar-refractivity contribution is 7.89. The quantitative estimate of drug-likeness (QED) is 0.642. The van der Waals surface area contributed by atoms with Crippen LogP contribution in [0, 0.1) is 0 Å². The molecule has 0 atom stereocenters. The van der Waals surface area contributed by atoms with Crippen molar-refractivity contribution in [3.05, 3.63) is 28.7 Å². The van der Waals surface area contributed by atoms with Gasteiger partial charge in [-0.1, -0.05) is 13.8 Å². The Hall–Kier alpha value is -1.67. The maximum absolute atomic E-state index is 12.2. The van der Waals surface area contributed by atoms with Crippen molar-refractivity contribution in [3.63, 3.8) is 0 Å². The van der Waals surface area contributed by atoms with E-state index in [0.29, 0.717) is 13.1 Å². The molecule has 19 heavy (non-hydrogen) atoms.